The zero-order valence-corrected chi connectivity index (χ0v) is 18.8. The van der Waals surface area contributed by atoms with E-state index in [1.807, 2.05) is 0 Å². The number of carboxylic acids is 1. The number of piperidine rings is 1. The summed E-state index contributed by atoms with van der Waals surface area (Å²) in [5, 5.41) is 17.5. The van der Waals surface area contributed by atoms with Gasteiger partial charge in [0.1, 0.15) is 11.9 Å². The SMILES string of the molecule is O=C(NCCC(Oc1ccc(C(=O)O)cc1)c1ccc(C(F)(F)F)cc1)NC1CCNCC1Cl. The van der Waals surface area contributed by atoms with Gasteiger partial charge in [-0.2, -0.15) is 13.2 Å². The van der Waals surface area contributed by atoms with Crippen LogP contribution in [-0.4, -0.2) is 48.2 Å². The maximum atomic E-state index is 12.9. The lowest BCUT2D eigenvalue weighted by molar-refractivity contribution is -0.137. The van der Waals surface area contributed by atoms with Gasteiger partial charge in [0.2, 0.25) is 0 Å². The first-order valence-electron chi connectivity index (χ1n) is 10.7. The summed E-state index contributed by atoms with van der Waals surface area (Å²) >= 11 is 6.22. The van der Waals surface area contributed by atoms with Crippen molar-refractivity contribution in [3.8, 4) is 5.75 Å². The van der Waals surface area contributed by atoms with Crippen molar-refractivity contribution in [2.45, 2.75) is 36.5 Å². The average Bonchev–Trinajstić information content (AvgIpc) is 2.80. The molecule has 4 N–H and O–H groups in total. The molecule has 1 aliphatic rings. The molecule has 2 aromatic rings. The molecule has 2 amide bonds. The van der Waals surface area contributed by atoms with Crippen molar-refractivity contribution in [3.63, 3.8) is 0 Å². The fourth-order valence-electron chi connectivity index (χ4n) is 3.54. The fraction of sp³-hybridized carbons (Fsp3) is 0.391. The highest BCUT2D eigenvalue weighted by Crippen LogP contribution is 2.31. The van der Waals surface area contributed by atoms with Crippen LogP contribution in [0.5, 0.6) is 5.75 Å². The lowest BCUT2D eigenvalue weighted by atomic mass is 10.0. The van der Waals surface area contributed by atoms with Crippen LogP contribution in [0.25, 0.3) is 0 Å². The number of ether oxygens (including phenoxy) is 1. The highest BCUT2D eigenvalue weighted by atomic mass is 35.5. The maximum absolute atomic E-state index is 12.9. The number of nitrogens with one attached hydrogen (secondary N) is 3. The van der Waals surface area contributed by atoms with E-state index in [1.54, 1.807) is 0 Å². The van der Waals surface area contributed by atoms with Crippen LogP contribution in [0, 0.1) is 0 Å². The number of amides is 2. The normalized spacial score (nSPS) is 19.2. The summed E-state index contributed by atoms with van der Waals surface area (Å²) in [5.41, 5.74) is -0.222. The number of rotatable bonds is 8. The van der Waals surface area contributed by atoms with E-state index in [-0.39, 0.29) is 29.9 Å². The van der Waals surface area contributed by atoms with Crippen molar-refractivity contribution in [2.75, 3.05) is 19.6 Å². The number of benzene rings is 2. The molecule has 34 heavy (non-hydrogen) atoms. The quantitative estimate of drug-likeness (QED) is 0.408. The number of alkyl halides is 4. The molecular formula is C23H25ClF3N3O4. The number of aromatic carboxylic acids is 1. The standard InChI is InChI=1S/C23H25ClF3N3O4/c24-18-13-28-11-9-19(18)30-22(33)29-12-10-20(14-1-5-16(6-2-14)23(25,26)27)34-17-7-3-15(4-8-17)21(31)32/h1-8,18-20,28H,9-13H2,(H,31,32)(H2,29,30,33). The second-order valence-electron chi connectivity index (χ2n) is 7.86. The molecule has 3 atom stereocenters. The molecule has 1 fully saturated rings. The smallest absolute Gasteiger partial charge is 0.416 e. The highest BCUT2D eigenvalue weighted by Gasteiger charge is 2.30. The number of carboxylic acid groups (broad SMARTS) is 1. The van der Waals surface area contributed by atoms with Crippen molar-refractivity contribution in [1.29, 1.82) is 0 Å². The topological polar surface area (TPSA) is 99.7 Å². The Hall–Kier alpha value is -2.98. The van der Waals surface area contributed by atoms with Gasteiger partial charge in [-0.05, 0) is 54.9 Å². The number of carbonyl (C=O) groups excluding carboxylic acids is 1. The van der Waals surface area contributed by atoms with Crippen LogP contribution in [-0.2, 0) is 6.18 Å². The van der Waals surface area contributed by atoms with Gasteiger partial charge in [0.05, 0.1) is 16.5 Å². The molecule has 0 bridgehead atoms. The van der Waals surface area contributed by atoms with Crippen LogP contribution >= 0.6 is 11.6 Å². The molecule has 2 aromatic carbocycles. The van der Waals surface area contributed by atoms with Gasteiger partial charge < -0.3 is 25.8 Å². The highest BCUT2D eigenvalue weighted by molar-refractivity contribution is 6.21. The van der Waals surface area contributed by atoms with Crippen molar-refractivity contribution < 1.29 is 32.6 Å². The lowest BCUT2D eigenvalue weighted by Crippen LogP contribution is -2.53. The van der Waals surface area contributed by atoms with Crippen LogP contribution in [0.2, 0.25) is 0 Å². The second kappa shape index (κ2) is 11.4. The molecule has 3 rings (SSSR count). The molecule has 0 aromatic heterocycles. The van der Waals surface area contributed by atoms with Gasteiger partial charge in [-0.1, -0.05) is 12.1 Å². The predicted octanol–water partition coefficient (Wildman–Crippen LogP) is 4.18. The Bertz CT molecular complexity index is 971. The van der Waals surface area contributed by atoms with Gasteiger partial charge >= 0.3 is 18.2 Å². The Morgan fingerprint density at radius 2 is 1.82 bits per heavy atom. The Morgan fingerprint density at radius 3 is 2.41 bits per heavy atom. The van der Waals surface area contributed by atoms with E-state index >= 15 is 0 Å². The number of urea groups is 1. The van der Waals surface area contributed by atoms with Crippen LogP contribution in [0.1, 0.15) is 40.4 Å². The fourth-order valence-corrected chi connectivity index (χ4v) is 3.84. The van der Waals surface area contributed by atoms with E-state index in [4.69, 9.17) is 21.4 Å². The van der Waals surface area contributed by atoms with Gasteiger partial charge in [0, 0.05) is 25.6 Å². The van der Waals surface area contributed by atoms with Crippen LogP contribution in [0.3, 0.4) is 0 Å². The summed E-state index contributed by atoms with van der Waals surface area (Å²) in [6.45, 7) is 1.53. The number of hydrogen-bond acceptors (Lipinski definition) is 4. The minimum Gasteiger partial charge on any atom is -0.486 e. The number of halogens is 4. The molecule has 1 aliphatic heterocycles. The van der Waals surface area contributed by atoms with Crippen molar-refractivity contribution in [2.24, 2.45) is 0 Å². The molecule has 11 heteroatoms. The Balaban J connectivity index is 1.65. The molecule has 0 aliphatic carbocycles. The maximum Gasteiger partial charge on any atom is 0.416 e. The molecule has 0 spiro atoms. The Labute approximate surface area is 199 Å². The van der Waals surface area contributed by atoms with Gasteiger partial charge in [0.15, 0.2) is 0 Å². The molecule has 3 unspecified atom stereocenters. The molecular weight excluding hydrogens is 475 g/mol. The summed E-state index contributed by atoms with van der Waals surface area (Å²) in [5.74, 6) is -0.743. The van der Waals surface area contributed by atoms with Crippen LogP contribution in [0.15, 0.2) is 48.5 Å². The van der Waals surface area contributed by atoms with E-state index in [2.05, 4.69) is 16.0 Å². The molecule has 7 nitrogen and oxygen atoms in total. The van der Waals surface area contributed by atoms with Gasteiger partial charge in [-0.15, -0.1) is 11.6 Å². The van der Waals surface area contributed by atoms with Crippen LogP contribution in [0.4, 0.5) is 18.0 Å². The van der Waals surface area contributed by atoms with Crippen molar-refractivity contribution in [1.82, 2.24) is 16.0 Å². The van der Waals surface area contributed by atoms with Crippen molar-refractivity contribution in [3.05, 3.63) is 65.2 Å². The third-order valence-electron chi connectivity index (χ3n) is 5.41. The van der Waals surface area contributed by atoms with Gasteiger partial charge in [-0.25, -0.2) is 9.59 Å². The molecule has 1 saturated heterocycles. The first kappa shape index (κ1) is 25.6. The minimum atomic E-state index is -4.46. The lowest BCUT2D eigenvalue weighted by Gasteiger charge is -2.28. The molecule has 1 heterocycles. The third kappa shape index (κ3) is 7.26. The van der Waals surface area contributed by atoms with Gasteiger partial charge in [0.25, 0.3) is 0 Å². The van der Waals surface area contributed by atoms with E-state index in [9.17, 15) is 22.8 Å². The summed E-state index contributed by atoms with van der Waals surface area (Å²) in [6, 6.07) is 9.71. The Morgan fingerprint density at radius 1 is 1.15 bits per heavy atom. The number of hydrogen-bond donors (Lipinski definition) is 4. The summed E-state index contributed by atoms with van der Waals surface area (Å²) in [7, 11) is 0. The van der Waals surface area contributed by atoms with E-state index < -0.39 is 29.8 Å². The predicted molar refractivity (Wildman–Crippen MR) is 120 cm³/mol. The first-order chi connectivity index (χ1) is 16.1. The second-order valence-corrected chi connectivity index (χ2v) is 8.42. The third-order valence-corrected chi connectivity index (χ3v) is 5.86. The van der Waals surface area contributed by atoms with E-state index in [1.165, 1.54) is 36.4 Å². The van der Waals surface area contributed by atoms with E-state index in [0.717, 1.165) is 18.7 Å². The zero-order chi connectivity index (χ0) is 24.7. The summed E-state index contributed by atoms with van der Waals surface area (Å²) < 4.78 is 44.7. The minimum absolute atomic E-state index is 0.0762. The van der Waals surface area contributed by atoms with Gasteiger partial charge in [-0.3, -0.25) is 0 Å². The summed E-state index contributed by atoms with van der Waals surface area (Å²) in [4.78, 5) is 23.3. The van der Waals surface area contributed by atoms with Crippen LogP contribution < -0.4 is 20.7 Å². The molecule has 184 valence electrons. The average molecular weight is 500 g/mol. The Kier molecular flexibility index (Phi) is 8.62. The largest absolute Gasteiger partial charge is 0.486 e. The molecule has 0 saturated carbocycles. The van der Waals surface area contributed by atoms with Crippen molar-refractivity contribution >= 4 is 23.6 Å². The zero-order valence-electron chi connectivity index (χ0n) is 18.1. The number of carbonyl (C=O) groups is 2. The summed E-state index contributed by atoms with van der Waals surface area (Å²) in [6.07, 6.45) is -4.19. The monoisotopic (exact) mass is 499 g/mol. The first-order valence-corrected chi connectivity index (χ1v) is 11.1. The van der Waals surface area contributed by atoms with E-state index in [0.29, 0.717) is 24.3 Å². The molecule has 0 radical (unpaired) electrons.